The van der Waals surface area contributed by atoms with Crippen molar-refractivity contribution in [3.8, 4) is 11.3 Å². The standard InChI is InChI=1S/C19H19N7OS/c1-11-22-18-14(7-17(21-10-27)25-19(18)23-11)24-13-5-4-12(6-16(13)28-3)15-8-26(2)9-20-15/h4-10H,1-3H3,(H3,21,22,23,24,25,27). The molecular formula is C19H19N7OS. The molecule has 3 N–H and O–H groups in total. The average molecular weight is 393 g/mol. The van der Waals surface area contributed by atoms with E-state index in [1.807, 2.05) is 43.1 Å². The second kappa shape index (κ2) is 7.35. The molecule has 0 aliphatic carbocycles. The van der Waals surface area contributed by atoms with E-state index in [1.165, 1.54) is 0 Å². The number of carbonyl (C=O) groups excluding carboxylic acids is 1. The lowest BCUT2D eigenvalue weighted by Gasteiger charge is -2.13. The maximum atomic E-state index is 10.8. The van der Waals surface area contributed by atoms with Crippen molar-refractivity contribution in [2.75, 3.05) is 16.9 Å². The molecule has 0 fully saturated rings. The lowest BCUT2D eigenvalue weighted by Crippen LogP contribution is -2.00. The Hall–Kier alpha value is -3.33. The lowest BCUT2D eigenvalue weighted by molar-refractivity contribution is -0.105. The first-order valence-corrected chi connectivity index (χ1v) is 9.81. The van der Waals surface area contributed by atoms with Gasteiger partial charge in [0.15, 0.2) is 5.65 Å². The number of carbonyl (C=O) groups is 1. The zero-order valence-electron chi connectivity index (χ0n) is 15.6. The molecule has 8 nitrogen and oxygen atoms in total. The van der Waals surface area contributed by atoms with E-state index >= 15 is 0 Å². The van der Waals surface area contributed by atoms with Gasteiger partial charge in [-0.25, -0.2) is 15.0 Å². The summed E-state index contributed by atoms with van der Waals surface area (Å²) in [5.74, 6) is 1.19. The van der Waals surface area contributed by atoms with Crippen LogP contribution in [0.5, 0.6) is 0 Å². The Bertz CT molecular complexity index is 1160. The minimum atomic E-state index is 0.437. The summed E-state index contributed by atoms with van der Waals surface area (Å²) in [7, 11) is 1.95. The van der Waals surface area contributed by atoms with E-state index in [9.17, 15) is 4.79 Å². The second-order valence-corrected chi connectivity index (χ2v) is 7.15. The molecule has 0 unspecified atom stereocenters. The van der Waals surface area contributed by atoms with Gasteiger partial charge in [-0.1, -0.05) is 6.07 Å². The molecule has 0 aliphatic heterocycles. The summed E-state index contributed by atoms with van der Waals surface area (Å²) in [4.78, 5) is 28.3. The molecule has 142 valence electrons. The van der Waals surface area contributed by atoms with E-state index in [0.717, 1.165) is 38.9 Å². The van der Waals surface area contributed by atoms with Crippen molar-refractivity contribution >= 4 is 46.5 Å². The maximum Gasteiger partial charge on any atom is 0.212 e. The highest BCUT2D eigenvalue weighted by atomic mass is 32.2. The van der Waals surface area contributed by atoms with E-state index in [-0.39, 0.29) is 0 Å². The Kier molecular flexibility index (Phi) is 4.74. The largest absolute Gasteiger partial charge is 0.353 e. The van der Waals surface area contributed by atoms with Crippen LogP contribution < -0.4 is 10.6 Å². The number of rotatable bonds is 6. The SMILES string of the molecule is CSc1cc(-c2cn(C)cn2)ccc1Nc1cc(NC=O)nc2nc(C)[nH]c12. The Balaban J connectivity index is 1.75. The third kappa shape index (κ3) is 3.44. The number of aromatic amines is 1. The van der Waals surface area contributed by atoms with Crippen LogP contribution in [0.4, 0.5) is 17.2 Å². The van der Waals surface area contributed by atoms with Crippen molar-refractivity contribution in [1.82, 2.24) is 24.5 Å². The van der Waals surface area contributed by atoms with Gasteiger partial charge in [0.1, 0.15) is 17.2 Å². The van der Waals surface area contributed by atoms with Crippen LogP contribution in [0, 0.1) is 6.92 Å². The molecule has 0 bridgehead atoms. The normalized spacial score (nSPS) is 11.0. The molecule has 3 heterocycles. The molecule has 0 radical (unpaired) electrons. The molecule has 4 aromatic rings. The number of nitrogens with one attached hydrogen (secondary N) is 3. The topological polar surface area (TPSA) is 101 Å². The summed E-state index contributed by atoms with van der Waals surface area (Å²) in [6.07, 6.45) is 6.41. The number of thioether (sulfide) groups is 1. The monoisotopic (exact) mass is 393 g/mol. The lowest BCUT2D eigenvalue weighted by atomic mass is 10.1. The molecule has 1 amide bonds. The van der Waals surface area contributed by atoms with Gasteiger partial charge in [-0.2, -0.15) is 0 Å². The highest BCUT2D eigenvalue weighted by molar-refractivity contribution is 7.98. The minimum absolute atomic E-state index is 0.437. The first-order valence-electron chi connectivity index (χ1n) is 8.58. The zero-order chi connectivity index (χ0) is 19.7. The Morgan fingerprint density at radius 3 is 2.79 bits per heavy atom. The number of pyridine rings is 1. The number of fused-ring (bicyclic) bond motifs is 1. The van der Waals surface area contributed by atoms with Crippen molar-refractivity contribution in [3.05, 3.63) is 42.6 Å². The fraction of sp³-hybridized carbons (Fsp3) is 0.158. The van der Waals surface area contributed by atoms with E-state index in [0.29, 0.717) is 17.9 Å². The maximum absolute atomic E-state index is 10.8. The zero-order valence-corrected chi connectivity index (χ0v) is 16.5. The first kappa shape index (κ1) is 18.1. The van der Waals surface area contributed by atoms with E-state index in [4.69, 9.17) is 0 Å². The molecule has 0 atom stereocenters. The van der Waals surface area contributed by atoms with Crippen LogP contribution >= 0.6 is 11.8 Å². The number of H-pyrrole nitrogens is 1. The quantitative estimate of drug-likeness (QED) is 0.341. The predicted molar refractivity (Wildman–Crippen MR) is 112 cm³/mol. The van der Waals surface area contributed by atoms with Crippen molar-refractivity contribution in [3.63, 3.8) is 0 Å². The average Bonchev–Trinajstić information content (AvgIpc) is 3.27. The van der Waals surface area contributed by atoms with Crippen LogP contribution in [0.1, 0.15) is 5.82 Å². The van der Waals surface area contributed by atoms with Gasteiger partial charge in [0.05, 0.1) is 23.4 Å². The first-order chi connectivity index (χ1) is 13.6. The van der Waals surface area contributed by atoms with Gasteiger partial charge in [-0.05, 0) is 25.3 Å². The van der Waals surface area contributed by atoms with Crippen molar-refractivity contribution in [1.29, 1.82) is 0 Å². The fourth-order valence-corrected chi connectivity index (χ4v) is 3.58. The Labute approximate surface area is 165 Å². The molecule has 0 spiro atoms. The van der Waals surface area contributed by atoms with Gasteiger partial charge < -0.3 is 20.2 Å². The number of benzene rings is 1. The number of aromatic nitrogens is 5. The summed E-state index contributed by atoms with van der Waals surface area (Å²) in [6, 6.07) is 7.95. The molecule has 0 aliphatic rings. The third-order valence-electron chi connectivity index (χ3n) is 4.26. The Morgan fingerprint density at radius 1 is 1.21 bits per heavy atom. The molecule has 9 heteroatoms. The van der Waals surface area contributed by atoms with Crippen LogP contribution in [0.15, 0.2) is 41.7 Å². The molecule has 0 saturated carbocycles. The Morgan fingerprint density at radius 2 is 2.07 bits per heavy atom. The number of hydrogen-bond acceptors (Lipinski definition) is 6. The second-order valence-electron chi connectivity index (χ2n) is 6.30. The van der Waals surface area contributed by atoms with Crippen LogP contribution in [0.2, 0.25) is 0 Å². The van der Waals surface area contributed by atoms with Gasteiger partial charge in [0.2, 0.25) is 6.41 Å². The number of hydrogen-bond donors (Lipinski definition) is 3. The highest BCUT2D eigenvalue weighted by Gasteiger charge is 2.13. The van der Waals surface area contributed by atoms with Gasteiger partial charge >= 0.3 is 0 Å². The number of nitrogens with zero attached hydrogens (tertiary/aromatic N) is 4. The van der Waals surface area contributed by atoms with E-state index < -0.39 is 0 Å². The van der Waals surface area contributed by atoms with E-state index in [1.54, 1.807) is 24.2 Å². The van der Waals surface area contributed by atoms with Crippen LogP contribution in [-0.4, -0.2) is 37.2 Å². The van der Waals surface area contributed by atoms with Gasteiger partial charge in [0.25, 0.3) is 0 Å². The minimum Gasteiger partial charge on any atom is -0.353 e. The van der Waals surface area contributed by atoms with E-state index in [2.05, 4.69) is 36.6 Å². The van der Waals surface area contributed by atoms with Crippen molar-refractivity contribution in [2.24, 2.45) is 7.05 Å². The fourth-order valence-electron chi connectivity index (χ4n) is 3.00. The van der Waals surface area contributed by atoms with Gasteiger partial charge in [-0.15, -0.1) is 11.8 Å². The number of anilines is 3. The van der Waals surface area contributed by atoms with Crippen LogP contribution in [-0.2, 0) is 11.8 Å². The molecule has 1 aromatic carbocycles. The van der Waals surface area contributed by atoms with Gasteiger partial charge in [0, 0.05) is 29.8 Å². The van der Waals surface area contributed by atoms with Gasteiger partial charge in [-0.3, -0.25) is 4.79 Å². The summed E-state index contributed by atoms with van der Waals surface area (Å²) < 4.78 is 1.93. The van der Waals surface area contributed by atoms with Crippen LogP contribution in [0.25, 0.3) is 22.4 Å². The third-order valence-corrected chi connectivity index (χ3v) is 5.04. The van der Waals surface area contributed by atoms with Crippen LogP contribution in [0.3, 0.4) is 0 Å². The van der Waals surface area contributed by atoms with Crippen molar-refractivity contribution < 1.29 is 4.79 Å². The summed E-state index contributed by atoms with van der Waals surface area (Å²) >= 11 is 1.65. The number of aryl methyl sites for hydroxylation is 2. The summed E-state index contributed by atoms with van der Waals surface area (Å²) in [6.45, 7) is 1.87. The number of amides is 1. The smallest absolute Gasteiger partial charge is 0.212 e. The highest BCUT2D eigenvalue weighted by Crippen LogP contribution is 2.34. The molecule has 3 aromatic heterocycles. The summed E-state index contributed by atoms with van der Waals surface area (Å²) in [5, 5.41) is 6.04. The number of imidazole rings is 2. The predicted octanol–water partition coefficient (Wildman–Crippen LogP) is 3.70. The molecule has 0 saturated heterocycles. The molecular weight excluding hydrogens is 374 g/mol. The van der Waals surface area contributed by atoms with Crippen molar-refractivity contribution in [2.45, 2.75) is 11.8 Å². The molecule has 28 heavy (non-hydrogen) atoms. The summed E-state index contributed by atoms with van der Waals surface area (Å²) in [5.41, 5.74) is 5.05. The molecule has 4 rings (SSSR count).